The van der Waals surface area contributed by atoms with Crippen LogP contribution in [0.3, 0.4) is 0 Å². The second-order valence-corrected chi connectivity index (χ2v) is 11.2. The Balaban J connectivity index is 1.69. The number of nitrogens with zero attached hydrogens (tertiary/aromatic N) is 1. The molecule has 0 spiro atoms. The van der Waals surface area contributed by atoms with Gasteiger partial charge < -0.3 is 36.8 Å². The molecule has 0 aliphatic carbocycles. The zero-order valence-corrected chi connectivity index (χ0v) is 23.9. The molecule has 0 bridgehead atoms. The Morgan fingerprint density at radius 1 is 0.854 bits per heavy atom. The molecule has 3 aromatic rings. The van der Waals surface area contributed by atoms with Crippen LogP contribution in [0.5, 0.6) is 0 Å². The summed E-state index contributed by atoms with van der Waals surface area (Å²) < 4.78 is 0. The molecule has 0 radical (unpaired) electrons. The van der Waals surface area contributed by atoms with E-state index >= 15 is 0 Å². The standard InChI is InChI=1S/C29H41N7O5/c1-16(2)9-23(34-26(37)21(30)11-18-13-32-22-8-6-5-7-20(18)22)27(38)35-24(10-17(3)4)28(39)36-25(29(40)41)12-19-14-31-15-33-19/h5-8,13-17,21,23-25,32H,9-12,30H2,1-4H3,(H,31,33)(H,34,37)(H,35,38)(H,36,39)(H,40,41). The van der Waals surface area contributed by atoms with E-state index in [-0.39, 0.29) is 31.1 Å². The smallest absolute Gasteiger partial charge is 0.326 e. The first-order chi connectivity index (χ1) is 19.4. The average molecular weight is 568 g/mol. The number of rotatable bonds is 15. The number of carboxylic acid groups (broad SMARTS) is 1. The number of fused-ring (bicyclic) bond motifs is 1. The SMILES string of the molecule is CC(C)CC(NC(=O)C(N)Cc1c[nH]c2ccccc12)C(=O)NC(CC(C)C)C(=O)NC(Cc1cnc[nH]1)C(=O)O. The minimum Gasteiger partial charge on any atom is -0.480 e. The first kappa shape index (κ1) is 31.3. The molecule has 0 aliphatic rings. The third-order valence-electron chi connectivity index (χ3n) is 6.73. The van der Waals surface area contributed by atoms with Gasteiger partial charge in [-0.3, -0.25) is 14.4 Å². The largest absolute Gasteiger partial charge is 0.480 e. The fraction of sp³-hybridized carbons (Fsp3) is 0.483. The highest BCUT2D eigenvalue weighted by molar-refractivity contribution is 5.94. The Bertz CT molecular complexity index is 1320. The van der Waals surface area contributed by atoms with Gasteiger partial charge in [-0.2, -0.15) is 0 Å². The number of benzene rings is 1. The van der Waals surface area contributed by atoms with E-state index < -0.39 is 47.9 Å². The number of amides is 3. The number of aliphatic carboxylic acids is 1. The minimum absolute atomic E-state index is 0.00374. The van der Waals surface area contributed by atoms with Gasteiger partial charge >= 0.3 is 5.97 Å². The lowest BCUT2D eigenvalue weighted by molar-refractivity contribution is -0.142. The summed E-state index contributed by atoms with van der Waals surface area (Å²) >= 11 is 0. The maximum absolute atomic E-state index is 13.4. The number of imidazole rings is 1. The van der Waals surface area contributed by atoms with Crippen molar-refractivity contribution < 1.29 is 24.3 Å². The highest BCUT2D eigenvalue weighted by atomic mass is 16.4. The lowest BCUT2D eigenvalue weighted by atomic mass is 9.99. The molecule has 12 nitrogen and oxygen atoms in total. The van der Waals surface area contributed by atoms with Crippen LogP contribution >= 0.6 is 0 Å². The number of hydrogen-bond acceptors (Lipinski definition) is 6. The van der Waals surface area contributed by atoms with Crippen LogP contribution in [-0.4, -0.2) is 67.9 Å². The van der Waals surface area contributed by atoms with Gasteiger partial charge in [-0.15, -0.1) is 0 Å². The fourth-order valence-electron chi connectivity index (χ4n) is 4.68. The molecule has 222 valence electrons. The van der Waals surface area contributed by atoms with Crippen LogP contribution in [0.25, 0.3) is 10.9 Å². The molecule has 1 aromatic carbocycles. The summed E-state index contributed by atoms with van der Waals surface area (Å²) in [6, 6.07) is 3.66. The van der Waals surface area contributed by atoms with Gasteiger partial charge in [0.2, 0.25) is 17.7 Å². The van der Waals surface area contributed by atoms with E-state index in [0.29, 0.717) is 12.1 Å². The van der Waals surface area contributed by atoms with Crippen molar-refractivity contribution >= 4 is 34.6 Å². The highest BCUT2D eigenvalue weighted by Gasteiger charge is 2.31. The lowest BCUT2D eigenvalue weighted by Crippen LogP contribution is -2.57. The Labute approximate surface area is 239 Å². The number of aromatic nitrogens is 3. The molecule has 2 heterocycles. The molecule has 4 atom stereocenters. The van der Waals surface area contributed by atoms with E-state index in [1.807, 2.05) is 58.2 Å². The summed E-state index contributed by atoms with van der Waals surface area (Å²) in [5, 5.41) is 18.7. The van der Waals surface area contributed by atoms with Gasteiger partial charge in [0.1, 0.15) is 18.1 Å². The summed E-state index contributed by atoms with van der Waals surface area (Å²) in [7, 11) is 0. The molecule has 0 saturated heterocycles. The van der Waals surface area contributed by atoms with Crippen molar-refractivity contribution in [2.75, 3.05) is 0 Å². The van der Waals surface area contributed by atoms with Crippen molar-refractivity contribution in [2.24, 2.45) is 17.6 Å². The third-order valence-corrected chi connectivity index (χ3v) is 6.73. The van der Waals surface area contributed by atoms with Crippen LogP contribution in [-0.2, 0) is 32.0 Å². The summed E-state index contributed by atoms with van der Waals surface area (Å²) in [5.74, 6) is -2.77. The Morgan fingerprint density at radius 2 is 1.44 bits per heavy atom. The topological polar surface area (TPSA) is 195 Å². The first-order valence-corrected chi connectivity index (χ1v) is 13.9. The Kier molecular flexibility index (Phi) is 11.0. The molecule has 0 fully saturated rings. The number of nitrogens with two attached hydrogens (primary N) is 1. The maximum Gasteiger partial charge on any atom is 0.326 e. The zero-order valence-electron chi connectivity index (χ0n) is 23.9. The third kappa shape index (κ3) is 9.17. The van der Waals surface area contributed by atoms with Crippen LogP contribution < -0.4 is 21.7 Å². The second-order valence-electron chi connectivity index (χ2n) is 11.2. The second kappa shape index (κ2) is 14.4. The first-order valence-electron chi connectivity index (χ1n) is 13.9. The normalized spacial score (nSPS) is 14.4. The molecule has 4 unspecified atom stereocenters. The summed E-state index contributed by atoms with van der Waals surface area (Å²) in [6.45, 7) is 7.62. The molecular formula is C29H41N7O5. The van der Waals surface area contributed by atoms with E-state index in [1.54, 1.807) is 0 Å². The molecule has 0 saturated carbocycles. The maximum atomic E-state index is 13.4. The number of hydrogen-bond donors (Lipinski definition) is 7. The molecule has 41 heavy (non-hydrogen) atoms. The highest BCUT2D eigenvalue weighted by Crippen LogP contribution is 2.19. The molecule has 3 rings (SSSR count). The predicted octanol–water partition coefficient (Wildman–Crippen LogP) is 1.63. The fourth-order valence-corrected chi connectivity index (χ4v) is 4.68. The van der Waals surface area contributed by atoms with E-state index in [1.165, 1.54) is 12.5 Å². The van der Waals surface area contributed by atoms with Crippen molar-refractivity contribution in [1.82, 2.24) is 30.9 Å². The van der Waals surface area contributed by atoms with E-state index in [4.69, 9.17) is 5.73 Å². The lowest BCUT2D eigenvalue weighted by Gasteiger charge is -2.26. The molecule has 12 heteroatoms. The van der Waals surface area contributed by atoms with Crippen LogP contribution in [0.1, 0.15) is 51.8 Å². The number of para-hydroxylation sites is 1. The number of aromatic amines is 2. The quantitative estimate of drug-likeness (QED) is 0.145. The van der Waals surface area contributed by atoms with Gasteiger partial charge in [0.25, 0.3) is 0 Å². The molecule has 0 aliphatic heterocycles. The van der Waals surface area contributed by atoms with E-state index in [0.717, 1.165) is 16.5 Å². The number of carbonyl (C=O) groups is 4. The van der Waals surface area contributed by atoms with Gasteiger partial charge in [0.05, 0.1) is 12.4 Å². The van der Waals surface area contributed by atoms with Crippen LogP contribution in [0.4, 0.5) is 0 Å². The van der Waals surface area contributed by atoms with Gasteiger partial charge in [0.15, 0.2) is 0 Å². The van der Waals surface area contributed by atoms with Gasteiger partial charge in [-0.1, -0.05) is 45.9 Å². The van der Waals surface area contributed by atoms with Gasteiger partial charge in [0, 0.05) is 35.4 Å². The number of nitrogens with one attached hydrogen (secondary N) is 5. The minimum atomic E-state index is -1.22. The van der Waals surface area contributed by atoms with Crippen molar-refractivity contribution in [3.05, 3.63) is 54.2 Å². The molecule has 2 aromatic heterocycles. The van der Waals surface area contributed by atoms with Crippen molar-refractivity contribution in [3.63, 3.8) is 0 Å². The molecular weight excluding hydrogens is 526 g/mol. The van der Waals surface area contributed by atoms with E-state index in [2.05, 4.69) is 30.9 Å². The Morgan fingerprint density at radius 3 is 2.00 bits per heavy atom. The number of carbonyl (C=O) groups excluding carboxylic acids is 3. The summed E-state index contributed by atoms with van der Waals surface area (Å²) in [4.78, 5) is 61.4. The van der Waals surface area contributed by atoms with E-state index in [9.17, 15) is 24.3 Å². The predicted molar refractivity (Wildman–Crippen MR) is 155 cm³/mol. The molecule has 8 N–H and O–H groups in total. The van der Waals surface area contributed by atoms with Gasteiger partial charge in [-0.05, 0) is 42.7 Å². The van der Waals surface area contributed by atoms with Crippen molar-refractivity contribution in [2.45, 2.75) is 77.5 Å². The zero-order chi connectivity index (χ0) is 30.1. The van der Waals surface area contributed by atoms with Crippen LogP contribution in [0, 0.1) is 11.8 Å². The van der Waals surface area contributed by atoms with Crippen LogP contribution in [0.2, 0.25) is 0 Å². The summed E-state index contributed by atoms with van der Waals surface area (Å²) in [5.41, 5.74) is 8.63. The van der Waals surface area contributed by atoms with Crippen molar-refractivity contribution in [1.29, 1.82) is 0 Å². The van der Waals surface area contributed by atoms with Crippen molar-refractivity contribution in [3.8, 4) is 0 Å². The van der Waals surface area contributed by atoms with Gasteiger partial charge in [-0.25, -0.2) is 9.78 Å². The Hall–Kier alpha value is -4.19. The molecule has 3 amide bonds. The number of carboxylic acids is 1. The monoisotopic (exact) mass is 567 g/mol. The van der Waals surface area contributed by atoms with Crippen LogP contribution in [0.15, 0.2) is 43.0 Å². The summed E-state index contributed by atoms with van der Waals surface area (Å²) in [6.07, 6.45) is 5.61. The number of H-pyrrole nitrogens is 2. The average Bonchev–Trinajstić information content (AvgIpc) is 3.57.